The number of sulfonamides is 1. The third kappa shape index (κ3) is 4.84. The van der Waals surface area contributed by atoms with Crippen LogP contribution in [0.4, 0.5) is 5.82 Å². The quantitative estimate of drug-likeness (QED) is 0.562. The molecule has 0 amide bonds. The van der Waals surface area contributed by atoms with E-state index in [0.29, 0.717) is 32.0 Å². The highest BCUT2D eigenvalue weighted by atomic mass is 32.2. The second-order valence-corrected chi connectivity index (χ2v) is 10.5. The first-order valence-electron chi connectivity index (χ1n) is 11.1. The lowest BCUT2D eigenvalue weighted by molar-refractivity contribution is 0.382. The number of rotatable bonds is 6. The maximum Gasteiger partial charge on any atom is 0.218 e. The van der Waals surface area contributed by atoms with Gasteiger partial charge in [0, 0.05) is 43.0 Å². The summed E-state index contributed by atoms with van der Waals surface area (Å²) >= 11 is 0. The summed E-state index contributed by atoms with van der Waals surface area (Å²) in [5.41, 5.74) is 3.90. The minimum Gasteiger partial charge on any atom is -0.354 e. The van der Waals surface area contributed by atoms with Crippen molar-refractivity contribution in [2.75, 3.05) is 31.1 Å². The molecule has 2 heterocycles. The van der Waals surface area contributed by atoms with E-state index in [4.69, 9.17) is 9.97 Å². The van der Waals surface area contributed by atoms with Gasteiger partial charge in [-0.05, 0) is 18.4 Å². The van der Waals surface area contributed by atoms with Crippen molar-refractivity contribution >= 4 is 15.8 Å². The standard InChI is InChI=1S/C25H30N4O2S/c1-19(2)23-20(3)26-24(22-12-8-5-9-13-22)27-25(23)28-14-16-29(17-15-28)32(30,31)18-21-10-6-4-7-11-21/h4-13,19H,14-18H2,1-3H3. The molecule has 1 aliphatic heterocycles. The summed E-state index contributed by atoms with van der Waals surface area (Å²) in [7, 11) is -3.35. The van der Waals surface area contributed by atoms with E-state index < -0.39 is 10.0 Å². The van der Waals surface area contributed by atoms with Gasteiger partial charge < -0.3 is 4.90 Å². The molecule has 0 spiro atoms. The zero-order valence-electron chi connectivity index (χ0n) is 18.9. The summed E-state index contributed by atoms with van der Waals surface area (Å²) in [5, 5.41) is 0. The first kappa shape index (κ1) is 22.4. The first-order chi connectivity index (χ1) is 15.3. The predicted octanol–water partition coefficient (Wildman–Crippen LogP) is 4.23. The molecule has 1 aromatic heterocycles. The molecular weight excluding hydrogens is 420 g/mol. The van der Waals surface area contributed by atoms with Crippen LogP contribution in [-0.2, 0) is 15.8 Å². The molecule has 168 valence electrons. The second-order valence-electron chi connectivity index (χ2n) is 8.52. The van der Waals surface area contributed by atoms with Crippen LogP contribution < -0.4 is 4.90 Å². The molecule has 1 aliphatic rings. The lowest BCUT2D eigenvalue weighted by Crippen LogP contribution is -2.49. The van der Waals surface area contributed by atoms with Crippen molar-refractivity contribution in [1.82, 2.24) is 14.3 Å². The van der Waals surface area contributed by atoms with Gasteiger partial charge in [0.05, 0.1) is 5.75 Å². The maximum atomic E-state index is 12.9. The van der Waals surface area contributed by atoms with Gasteiger partial charge in [-0.3, -0.25) is 0 Å². The fourth-order valence-corrected chi connectivity index (χ4v) is 5.77. The Kier molecular flexibility index (Phi) is 6.58. The van der Waals surface area contributed by atoms with Crippen molar-refractivity contribution in [3.05, 3.63) is 77.5 Å². The molecule has 7 heteroatoms. The molecule has 0 aliphatic carbocycles. The molecule has 0 atom stereocenters. The largest absolute Gasteiger partial charge is 0.354 e. The van der Waals surface area contributed by atoms with Crippen LogP contribution in [0.3, 0.4) is 0 Å². The molecule has 0 unspecified atom stereocenters. The zero-order chi connectivity index (χ0) is 22.7. The summed E-state index contributed by atoms with van der Waals surface area (Å²) in [6.45, 7) is 8.47. The molecule has 6 nitrogen and oxygen atoms in total. The minimum atomic E-state index is -3.35. The van der Waals surface area contributed by atoms with Gasteiger partial charge in [0.15, 0.2) is 5.82 Å². The van der Waals surface area contributed by atoms with E-state index in [1.165, 1.54) is 0 Å². The average Bonchev–Trinajstić information content (AvgIpc) is 2.79. The van der Waals surface area contributed by atoms with E-state index in [0.717, 1.165) is 28.2 Å². The van der Waals surface area contributed by atoms with E-state index in [2.05, 4.69) is 18.7 Å². The molecule has 0 saturated carbocycles. The highest BCUT2D eigenvalue weighted by molar-refractivity contribution is 7.88. The molecular formula is C25H30N4O2S. The Morgan fingerprint density at radius 1 is 0.875 bits per heavy atom. The monoisotopic (exact) mass is 450 g/mol. The number of hydrogen-bond donors (Lipinski definition) is 0. The van der Waals surface area contributed by atoms with Crippen LogP contribution in [0.25, 0.3) is 11.4 Å². The van der Waals surface area contributed by atoms with Crippen molar-refractivity contribution in [1.29, 1.82) is 0 Å². The Labute approximate surface area is 191 Å². The number of nitrogens with zero attached hydrogens (tertiary/aromatic N) is 4. The number of anilines is 1. The van der Waals surface area contributed by atoms with E-state index in [-0.39, 0.29) is 11.7 Å². The molecule has 1 saturated heterocycles. The summed E-state index contributed by atoms with van der Waals surface area (Å²) < 4.78 is 27.5. The summed E-state index contributed by atoms with van der Waals surface area (Å²) in [4.78, 5) is 11.9. The molecule has 3 aromatic rings. The summed E-state index contributed by atoms with van der Waals surface area (Å²) in [5.74, 6) is 1.94. The van der Waals surface area contributed by atoms with Crippen molar-refractivity contribution in [3.63, 3.8) is 0 Å². The molecule has 0 radical (unpaired) electrons. The summed E-state index contributed by atoms with van der Waals surface area (Å²) in [6, 6.07) is 19.3. The zero-order valence-corrected chi connectivity index (χ0v) is 19.7. The number of piperazine rings is 1. The Bertz CT molecular complexity index is 1160. The molecule has 4 rings (SSSR count). The molecule has 0 bridgehead atoms. The third-order valence-electron chi connectivity index (χ3n) is 5.85. The molecule has 32 heavy (non-hydrogen) atoms. The fraction of sp³-hybridized carbons (Fsp3) is 0.360. The van der Waals surface area contributed by atoms with Gasteiger partial charge >= 0.3 is 0 Å². The van der Waals surface area contributed by atoms with E-state index >= 15 is 0 Å². The predicted molar refractivity (Wildman–Crippen MR) is 129 cm³/mol. The van der Waals surface area contributed by atoms with Crippen molar-refractivity contribution in [3.8, 4) is 11.4 Å². The fourth-order valence-electron chi connectivity index (χ4n) is 4.25. The van der Waals surface area contributed by atoms with Crippen LogP contribution >= 0.6 is 0 Å². The Morgan fingerprint density at radius 2 is 1.47 bits per heavy atom. The third-order valence-corrected chi connectivity index (χ3v) is 7.70. The van der Waals surface area contributed by atoms with E-state index in [9.17, 15) is 8.42 Å². The minimum absolute atomic E-state index is 0.0376. The molecule has 0 N–H and O–H groups in total. The molecule has 1 fully saturated rings. The second kappa shape index (κ2) is 9.38. The Balaban J connectivity index is 1.57. The SMILES string of the molecule is Cc1nc(-c2ccccc2)nc(N2CCN(S(=O)(=O)Cc3ccccc3)CC2)c1C(C)C. The normalized spacial score (nSPS) is 15.3. The molecule has 2 aromatic carbocycles. The Hall–Kier alpha value is -2.77. The van der Waals surface area contributed by atoms with E-state index in [1.54, 1.807) is 4.31 Å². The van der Waals surface area contributed by atoms with Gasteiger partial charge in [0.1, 0.15) is 5.82 Å². The van der Waals surface area contributed by atoms with Crippen LogP contribution in [-0.4, -0.2) is 48.9 Å². The van der Waals surface area contributed by atoms with E-state index in [1.807, 2.05) is 67.6 Å². The number of benzene rings is 2. The van der Waals surface area contributed by atoms with Gasteiger partial charge in [0.25, 0.3) is 0 Å². The lowest BCUT2D eigenvalue weighted by atomic mass is 10.0. The summed E-state index contributed by atoms with van der Waals surface area (Å²) in [6.07, 6.45) is 0. The van der Waals surface area contributed by atoms with Gasteiger partial charge in [-0.15, -0.1) is 0 Å². The first-order valence-corrected chi connectivity index (χ1v) is 12.7. The lowest BCUT2D eigenvalue weighted by Gasteiger charge is -2.36. The number of hydrogen-bond acceptors (Lipinski definition) is 5. The van der Waals surface area contributed by atoms with Crippen molar-refractivity contribution in [2.45, 2.75) is 32.4 Å². The van der Waals surface area contributed by atoms with Gasteiger partial charge in [0.2, 0.25) is 10.0 Å². The van der Waals surface area contributed by atoms with Crippen molar-refractivity contribution in [2.24, 2.45) is 0 Å². The van der Waals surface area contributed by atoms with Crippen LogP contribution in [0, 0.1) is 6.92 Å². The highest BCUT2D eigenvalue weighted by Gasteiger charge is 2.29. The van der Waals surface area contributed by atoms with Gasteiger partial charge in [-0.2, -0.15) is 4.31 Å². The average molecular weight is 451 g/mol. The van der Waals surface area contributed by atoms with Crippen LogP contribution in [0.5, 0.6) is 0 Å². The van der Waals surface area contributed by atoms with Crippen LogP contribution in [0.1, 0.15) is 36.6 Å². The van der Waals surface area contributed by atoms with Gasteiger partial charge in [-0.25, -0.2) is 18.4 Å². The number of aryl methyl sites for hydroxylation is 1. The maximum absolute atomic E-state index is 12.9. The van der Waals surface area contributed by atoms with Crippen LogP contribution in [0.2, 0.25) is 0 Å². The Morgan fingerprint density at radius 3 is 2.06 bits per heavy atom. The topological polar surface area (TPSA) is 66.4 Å². The smallest absolute Gasteiger partial charge is 0.218 e. The van der Waals surface area contributed by atoms with Crippen LogP contribution in [0.15, 0.2) is 60.7 Å². The highest BCUT2D eigenvalue weighted by Crippen LogP contribution is 2.31. The number of aromatic nitrogens is 2. The van der Waals surface area contributed by atoms with Crippen molar-refractivity contribution < 1.29 is 8.42 Å². The van der Waals surface area contributed by atoms with Gasteiger partial charge in [-0.1, -0.05) is 74.5 Å².